The van der Waals surface area contributed by atoms with Gasteiger partial charge in [-0.2, -0.15) is 0 Å². The molecule has 0 atom stereocenters. The smallest absolute Gasteiger partial charge is 0.258 e. The van der Waals surface area contributed by atoms with E-state index in [1.165, 1.54) is 0 Å². The second-order valence-electron chi connectivity index (χ2n) is 5.22. The molecule has 24 heavy (non-hydrogen) atoms. The average Bonchev–Trinajstić information content (AvgIpc) is 2.57. The molecule has 0 fully saturated rings. The van der Waals surface area contributed by atoms with Gasteiger partial charge >= 0.3 is 0 Å². The highest BCUT2D eigenvalue weighted by atomic mass is 79.9. The SMILES string of the molecule is CN=C/C=C(\N)CNc1nc2cc[nH]c(=O)c2c2cc(Br)ccc12. The van der Waals surface area contributed by atoms with E-state index < -0.39 is 0 Å². The number of H-pyrrole nitrogens is 1. The van der Waals surface area contributed by atoms with Crippen LogP contribution in [0.25, 0.3) is 21.7 Å². The zero-order valence-electron chi connectivity index (χ0n) is 13.0. The van der Waals surface area contributed by atoms with Crippen LogP contribution in [0.3, 0.4) is 0 Å². The number of nitrogens with two attached hydrogens (primary N) is 1. The van der Waals surface area contributed by atoms with Gasteiger partial charge in [0, 0.05) is 40.4 Å². The van der Waals surface area contributed by atoms with Crippen molar-refractivity contribution in [2.75, 3.05) is 18.9 Å². The van der Waals surface area contributed by atoms with Crippen molar-refractivity contribution in [1.82, 2.24) is 9.97 Å². The van der Waals surface area contributed by atoms with Crippen LogP contribution in [0.5, 0.6) is 0 Å². The summed E-state index contributed by atoms with van der Waals surface area (Å²) in [4.78, 5) is 23.4. The van der Waals surface area contributed by atoms with Crippen LogP contribution in [-0.2, 0) is 0 Å². The maximum absolute atomic E-state index is 12.2. The van der Waals surface area contributed by atoms with Gasteiger partial charge in [-0.15, -0.1) is 0 Å². The molecule has 0 spiro atoms. The van der Waals surface area contributed by atoms with Crippen molar-refractivity contribution in [2.24, 2.45) is 10.7 Å². The standard InChI is InChI=1S/C17H16BrN5O/c1-20-6-4-11(19)9-22-16-12-3-2-10(18)8-13(12)15-14(23-16)5-7-21-17(15)24/h2-8H,9,19H2,1H3,(H,21,24)(H,22,23)/b11-4-,20-6?. The Morgan fingerprint density at radius 1 is 1.42 bits per heavy atom. The molecule has 0 bridgehead atoms. The van der Waals surface area contributed by atoms with Crippen LogP contribution in [0.2, 0.25) is 0 Å². The van der Waals surface area contributed by atoms with E-state index in [-0.39, 0.29) is 5.56 Å². The normalized spacial score (nSPS) is 12.3. The number of aliphatic imine (C=N–C) groups is 1. The maximum atomic E-state index is 12.2. The number of nitrogens with zero attached hydrogens (tertiary/aromatic N) is 2. The summed E-state index contributed by atoms with van der Waals surface area (Å²) in [5.41, 5.74) is 7.04. The molecule has 2 heterocycles. The van der Waals surface area contributed by atoms with Crippen molar-refractivity contribution in [3.63, 3.8) is 0 Å². The Labute approximate surface area is 146 Å². The third-order valence-electron chi connectivity index (χ3n) is 3.57. The molecule has 3 rings (SSSR count). The lowest BCUT2D eigenvalue weighted by Crippen LogP contribution is -2.14. The van der Waals surface area contributed by atoms with E-state index >= 15 is 0 Å². The third-order valence-corrected chi connectivity index (χ3v) is 4.07. The Hall–Kier alpha value is -2.67. The maximum Gasteiger partial charge on any atom is 0.258 e. The number of anilines is 1. The number of hydrogen-bond acceptors (Lipinski definition) is 5. The molecule has 0 radical (unpaired) electrons. The second kappa shape index (κ2) is 6.84. The van der Waals surface area contributed by atoms with Gasteiger partial charge in [0.05, 0.1) is 17.4 Å². The van der Waals surface area contributed by atoms with Crippen LogP contribution in [0.15, 0.2) is 56.5 Å². The van der Waals surface area contributed by atoms with Crippen LogP contribution < -0.4 is 16.6 Å². The highest BCUT2D eigenvalue weighted by Crippen LogP contribution is 2.29. The van der Waals surface area contributed by atoms with Gasteiger partial charge in [0.1, 0.15) is 5.82 Å². The number of fused-ring (bicyclic) bond motifs is 3. The fourth-order valence-corrected chi connectivity index (χ4v) is 2.84. The van der Waals surface area contributed by atoms with E-state index in [2.05, 4.69) is 36.2 Å². The van der Waals surface area contributed by atoms with Crippen LogP contribution in [0.1, 0.15) is 0 Å². The van der Waals surface area contributed by atoms with E-state index in [9.17, 15) is 4.79 Å². The quantitative estimate of drug-likeness (QED) is 0.475. The Bertz CT molecular complexity index is 1020. The summed E-state index contributed by atoms with van der Waals surface area (Å²) in [7, 11) is 1.69. The molecular weight excluding hydrogens is 370 g/mol. The first-order valence-corrected chi connectivity index (χ1v) is 8.11. The number of pyridine rings is 2. The highest BCUT2D eigenvalue weighted by molar-refractivity contribution is 9.10. The molecule has 0 amide bonds. The van der Waals surface area contributed by atoms with Gasteiger partial charge < -0.3 is 16.0 Å². The first-order valence-electron chi connectivity index (χ1n) is 7.31. The topological polar surface area (TPSA) is 96.2 Å². The summed E-state index contributed by atoms with van der Waals surface area (Å²) in [6, 6.07) is 7.54. The first kappa shape index (κ1) is 16.2. The third kappa shape index (κ3) is 3.16. The van der Waals surface area contributed by atoms with Crippen molar-refractivity contribution < 1.29 is 0 Å². The molecule has 122 valence electrons. The lowest BCUT2D eigenvalue weighted by atomic mass is 10.1. The van der Waals surface area contributed by atoms with Crippen LogP contribution in [0, 0.1) is 0 Å². The number of benzene rings is 1. The van der Waals surface area contributed by atoms with Crippen LogP contribution in [-0.4, -0.2) is 29.8 Å². The van der Waals surface area contributed by atoms with Crippen LogP contribution >= 0.6 is 15.9 Å². The minimum Gasteiger partial charge on any atom is -0.401 e. The largest absolute Gasteiger partial charge is 0.401 e. The van der Waals surface area contributed by atoms with Gasteiger partial charge in [-0.05, 0) is 30.3 Å². The molecule has 2 aromatic heterocycles. The fourth-order valence-electron chi connectivity index (χ4n) is 2.48. The zero-order chi connectivity index (χ0) is 17.1. The molecule has 0 unspecified atom stereocenters. The average molecular weight is 386 g/mol. The van der Waals surface area contributed by atoms with Gasteiger partial charge in [0.2, 0.25) is 0 Å². The molecule has 6 nitrogen and oxygen atoms in total. The van der Waals surface area contributed by atoms with E-state index in [0.29, 0.717) is 29.0 Å². The molecule has 0 saturated carbocycles. The summed E-state index contributed by atoms with van der Waals surface area (Å²) < 4.78 is 0.898. The van der Waals surface area contributed by atoms with Gasteiger partial charge in [0.25, 0.3) is 5.56 Å². The molecule has 0 aliphatic rings. The number of aromatic amines is 1. The lowest BCUT2D eigenvalue weighted by molar-refractivity contribution is 1.15. The Morgan fingerprint density at radius 3 is 3.04 bits per heavy atom. The van der Waals surface area contributed by atoms with E-state index in [1.54, 1.807) is 31.6 Å². The van der Waals surface area contributed by atoms with Gasteiger partial charge in [-0.1, -0.05) is 15.9 Å². The number of rotatable bonds is 4. The minimum atomic E-state index is -0.159. The molecule has 1 aromatic carbocycles. The summed E-state index contributed by atoms with van der Waals surface area (Å²) >= 11 is 3.46. The Kier molecular flexibility index (Phi) is 4.61. The number of nitrogens with one attached hydrogen (secondary N) is 2. The molecule has 0 aliphatic carbocycles. The molecule has 7 heteroatoms. The van der Waals surface area contributed by atoms with E-state index in [1.807, 2.05) is 18.2 Å². The summed E-state index contributed by atoms with van der Waals surface area (Å²) in [6.45, 7) is 0.429. The Morgan fingerprint density at radius 2 is 2.25 bits per heavy atom. The molecule has 3 aromatic rings. The van der Waals surface area contributed by atoms with Crippen LogP contribution in [0.4, 0.5) is 5.82 Å². The second-order valence-corrected chi connectivity index (χ2v) is 6.14. The van der Waals surface area contributed by atoms with Gasteiger partial charge in [0.15, 0.2) is 0 Å². The fraction of sp³-hybridized carbons (Fsp3) is 0.118. The van der Waals surface area contributed by atoms with Crippen molar-refractivity contribution in [1.29, 1.82) is 0 Å². The minimum absolute atomic E-state index is 0.159. The first-order chi connectivity index (χ1) is 11.6. The number of halogens is 1. The van der Waals surface area contributed by atoms with Gasteiger partial charge in [-0.3, -0.25) is 9.79 Å². The van der Waals surface area contributed by atoms with Crippen molar-refractivity contribution in [3.8, 4) is 0 Å². The van der Waals surface area contributed by atoms with E-state index in [0.717, 1.165) is 15.2 Å². The zero-order valence-corrected chi connectivity index (χ0v) is 14.6. The predicted molar refractivity (Wildman–Crippen MR) is 103 cm³/mol. The van der Waals surface area contributed by atoms with Crippen molar-refractivity contribution in [3.05, 3.63) is 57.1 Å². The monoisotopic (exact) mass is 385 g/mol. The summed E-state index contributed by atoms with van der Waals surface area (Å²) in [5.74, 6) is 0.681. The number of hydrogen-bond donors (Lipinski definition) is 3. The number of aromatic nitrogens is 2. The Balaban J connectivity index is 2.15. The molecule has 4 N–H and O–H groups in total. The van der Waals surface area contributed by atoms with Gasteiger partial charge in [-0.25, -0.2) is 4.98 Å². The highest BCUT2D eigenvalue weighted by Gasteiger charge is 2.11. The van der Waals surface area contributed by atoms with Crippen molar-refractivity contribution >= 4 is 49.6 Å². The lowest BCUT2D eigenvalue weighted by Gasteiger charge is -2.11. The van der Waals surface area contributed by atoms with E-state index in [4.69, 9.17) is 5.73 Å². The van der Waals surface area contributed by atoms with Crippen molar-refractivity contribution in [2.45, 2.75) is 0 Å². The molecule has 0 saturated heterocycles. The molecular formula is C17H16BrN5O. The molecule has 0 aliphatic heterocycles. The number of allylic oxidation sites excluding steroid dienone is 1. The summed E-state index contributed by atoms with van der Waals surface area (Å²) in [5, 5.41) is 5.49. The predicted octanol–water partition coefficient (Wildman–Crippen LogP) is 2.79. The summed E-state index contributed by atoms with van der Waals surface area (Å²) in [6.07, 6.45) is 4.97.